The van der Waals surface area contributed by atoms with Crippen molar-refractivity contribution in [1.29, 1.82) is 0 Å². The first-order valence-electron chi connectivity index (χ1n) is 9.86. The lowest BCUT2D eigenvalue weighted by atomic mass is 9.90. The minimum Gasteiger partial charge on any atom is -0.356 e. The number of hydrogen-bond acceptors (Lipinski definition) is 4. The third-order valence-corrected chi connectivity index (χ3v) is 5.31. The summed E-state index contributed by atoms with van der Waals surface area (Å²) < 4.78 is 13.0. The van der Waals surface area contributed by atoms with Crippen LogP contribution in [0.5, 0.6) is 0 Å². The fourth-order valence-electron chi connectivity index (χ4n) is 3.71. The third kappa shape index (κ3) is 4.85. The van der Waals surface area contributed by atoms with Gasteiger partial charge in [0.1, 0.15) is 11.6 Å². The average Bonchev–Trinajstić information content (AvgIpc) is 2.75. The molecule has 144 valence electrons. The molecule has 2 heterocycles. The predicted octanol–water partition coefficient (Wildman–Crippen LogP) is 4.69. The highest BCUT2D eigenvalue weighted by molar-refractivity contribution is 5.43. The van der Waals surface area contributed by atoms with Crippen molar-refractivity contribution in [2.24, 2.45) is 5.92 Å². The first-order chi connectivity index (χ1) is 13.8. The number of hydrogen-bond donors (Lipinski definition) is 1. The van der Waals surface area contributed by atoms with E-state index in [2.05, 4.69) is 50.5 Å². The number of anilines is 2. The van der Waals surface area contributed by atoms with Crippen LogP contribution in [0.3, 0.4) is 0 Å². The molecular weight excluding hydrogens is 351 g/mol. The molecule has 0 radical (unpaired) electrons. The summed E-state index contributed by atoms with van der Waals surface area (Å²) >= 11 is 0. The Morgan fingerprint density at radius 3 is 2.43 bits per heavy atom. The lowest BCUT2D eigenvalue weighted by molar-refractivity contribution is 0.402. The van der Waals surface area contributed by atoms with Gasteiger partial charge in [-0.15, -0.1) is 0 Å². The molecule has 1 aromatic heterocycles. The number of halogens is 1. The van der Waals surface area contributed by atoms with E-state index in [4.69, 9.17) is 0 Å². The summed E-state index contributed by atoms with van der Waals surface area (Å²) in [6.07, 6.45) is 5.31. The maximum atomic E-state index is 13.0. The number of piperidine rings is 1. The molecule has 1 aliphatic heterocycles. The van der Waals surface area contributed by atoms with Gasteiger partial charge in [0.2, 0.25) is 5.95 Å². The maximum absolute atomic E-state index is 13.0. The van der Waals surface area contributed by atoms with Gasteiger partial charge in [-0.1, -0.05) is 42.5 Å². The van der Waals surface area contributed by atoms with E-state index in [0.29, 0.717) is 12.5 Å². The van der Waals surface area contributed by atoms with Crippen molar-refractivity contribution in [3.63, 3.8) is 0 Å². The fraction of sp³-hybridized carbons (Fsp3) is 0.304. The zero-order chi connectivity index (χ0) is 19.2. The van der Waals surface area contributed by atoms with Crippen LogP contribution in [-0.2, 0) is 13.0 Å². The van der Waals surface area contributed by atoms with E-state index in [-0.39, 0.29) is 5.82 Å². The molecule has 0 bridgehead atoms. The molecule has 0 unspecified atom stereocenters. The highest BCUT2D eigenvalue weighted by Gasteiger charge is 2.20. The van der Waals surface area contributed by atoms with E-state index < -0.39 is 0 Å². The summed E-state index contributed by atoms with van der Waals surface area (Å²) in [4.78, 5) is 11.3. The lowest BCUT2D eigenvalue weighted by Gasteiger charge is -2.33. The Bertz CT molecular complexity index is 875. The van der Waals surface area contributed by atoms with Gasteiger partial charge in [-0.25, -0.2) is 9.37 Å². The van der Waals surface area contributed by atoms with E-state index in [9.17, 15) is 4.39 Å². The van der Waals surface area contributed by atoms with Gasteiger partial charge in [-0.2, -0.15) is 4.98 Å². The molecule has 0 amide bonds. The first kappa shape index (κ1) is 18.4. The van der Waals surface area contributed by atoms with Crippen molar-refractivity contribution < 1.29 is 4.39 Å². The number of aromatic nitrogens is 2. The highest BCUT2D eigenvalue weighted by Crippen LogP contribution is 2.25. The van der Waals surface area contributed by atoms with Crippen LogP contribution in [0.25, 0.3) is 0 Å². The second-order valence-electron chi connectivity index (χ2n) is 7.34. The smallest absolute Gasteiger partial charge is 0.224 e. The van der Waals surface area contributed by atoms with Gasteiger partial charge in [0, 0.05) is 25.8 Å². The van der Waals surface area contributed by atoms with Crippen molar-refractivity contribution in [2.45, 2.75) is 25.8 Å². The lowest BCUT2D eigenvalue weighted by Crippen LogP contribution is -2.35. The van der Waals surface area contributed by atoms with E-state index in [0.717, 1.165) is 36.8 Å². The minimum absolute atomic E-state index is 0.224. The molecule has 0 aliphatic carbocycles. The van der Waals surface area contributed by atoms with Gasteiger partial charge in [-0.05, 0) is 54.5 Å². The van der Waals surface area contributed by atoms with Crippen LogP contribution < -0.4 is 10.2 Å². The van der Waals surface area contributed by atoms with Crippen LogP contribution in [-0.4, -0.2) is 23.1 Å². The summed E-state index contributed by atoms with van der Waals surface area (Å²) in [6.45, 7) is 2.61. The maximum Gasteiger partial charge on any atom is 0.224 e. The molecule has 3 aromatic rings. The molecule has 1 aliphatic rings. The van der Waals surface area contributed by atoms with Crippen LogP contribution in [0.2, 0.25) is 0 Å². The minimum atomic E-state index is -0.224. The molecule has 2 aromatic carbocycles. The largest absolute Gasteiger partial charge is 0.356 e. The van der Waals surface area contributed by atoms with Gasteiger partial charge in [0.15, 0.2) is 0 Å². The van der Waals surface area contributed by atoms with Gasteiger partial charge in [0.05, 0.1) is 0 Å². The first-order valence-corrected chi connectivity index (χ1v) is 9.86. The van der Waals surface area contributed by atoms with E-state index in [1.54, 1.807) is 18.3 Å². The molecule has 1 fully saturated rings. The number of nitrogens with one attached hydrogen (secondary N) is 1. The topological polar surface area (TPSA) is 41.1 Å². The average molecular weight is 376 g/mol. The molecular formula is C23H25FN4. The summed E-state index contributed by atoms with van der Waals surface area (Å²) in [6, 6.07) is 19.2. The van der Waals surface area contributed by atoms with E-state index >= 15 is 0 Å². The molecule has 28 heavy (non-hydrogen) atoms. The van der Waals surface area contributed by atoms with Crippen LogP contribution in [0.1, 0.15) is 24.0 Å². The van der Waals surface area contributed by atoms with Crippen molar-refractivity contribution in [1.82, 2.24) is 9.97 Å². The predicted molar refractivity (Wildman–Crippen MR) is 111 cm³/mol. The summed E-state index contributed by atoms with van der Waals surface area (Å²) in [5, 5.41) is 3.23. The Morgan fingerprint density at radius 1 is 0.929 bits per heavy atom. The zero-order valence-corrected chi connectivity index (χ0v) is 15.9. The van der Waals surface area contributed by atoms with Crippen molar-refractivity contribution in [3.05, 3.63) is 83.8 Å². The monoisotopic (exact) mass is 376 g/mol. The van der Waals surface area contributed by atoms with E-state index in [1.807, 2.05) is 6.07 Å². The highest BCUT2D eigenvalue weighted by atomic mass is 19.1. The van der Waals surface area contributed by atoms with Crippen LogP contribution in [0.15, 0.2) is 66.9 Å². The van der Waals surface area contributed by atoms with Gasteiger partial charge in [-0.3, -0.25) is 0 Å². The van der Waals surface area contributed by atoms with Crippen LogP contribution >= 0.6 is 0 Å². The molecule has 5 heteroatoms. The summed E-state index contributed by atoms with van der Waals surface area (Å²) in [5.74, 6) is 2.08. The number of rotatable bonds is 6. The summed E-state index contributed by atoms with van der Waals surface area (Å²) in [5.41, 5.74) is 2.42. The standard InChI is InChI=1S/C23H25FN4/c24-21-8-6-20(7-9-21)17-26-23-25-13-10-22(27-23)28-14-11-19(12-15-28)16-18-4-2-1-3-5-18/h1-10,13,19H,11-12,14-17H2,(H,25,26,27). The van der Waals surface area contributed by atoms with E-state index in [1.165, 1.54) is 30.5 Å². The van der Waals surface area contributed by atoms with Crippen molar-refractivity contribution in [3.8, 4) is 0 Å². The molecule has 4 nitrogen and oxygen atoms in total. The Labute approximate surface area is 165 Å². The number of benzene rings is 2. The SMILES string of the molecule is Fc1ccc(CNc2nccc(N3CCC(Cc4ccccc4)CC3)n2)cc1. The molecule has 0 spiro atoms. The quantitative estimate of drug-likeness (QED) is 0.678. The van der Waals surface area contributed by atoms with Crippen LogP contribution in [0.4, 0.5) is 16.2 Å². The molecule has 1 saturated heterocycles. The molecule has 0 saturated carbocycles. The third-order valence-electron chi connectivity index (χ3n) is 5.31. The van der Waals surface area contributed by atoms with Gasteiger partial charge < -0.3 is 10.2 Å². The second-order valence-corrected chi connectivity index (χ2v) is 7.34. The second kappa shape index (κ2) is 8.83. The molecule has 1 N–H and O–H groups in total. The fourth-order valence-corrected chi connectivity index (χ4v) is 3.71. The molecule has 4 rings (SSSR count). The number of nitrogens with zero attached hydrogens (tertiary/aromatic N) is 3. The van der Waals surface area contributed by atoms with Crippen molar-refractivity contribution >= 4 is 11.8 Å². The normalized spacial score (nSPS) is 14.8. The van der Waals surface area contributed by atoms with Crippen molar-refractivity contribution in [2.75, 3.05) is 23.3 Å². The summed E-state index contributed by atoms with van der Waals surface area (Å²) in [7, 11) is 0. The molecule has 0 atom stereocenters. The Kier molecular flexibility index (Phi) is 5.80. The Hall–Kier alpha value is -2.95. The van der Waals surface area contributed by atoms with Gasteiger partial charge >= 0.3 is 0 Å². The van der Waals surface area contributed by atoms with Crippen LogP contribution in [0, 0.1) is 11.7 Å². The zero-order valence-electron chi connectivity index (χ0n) is 15.9. The Morgan fingerprint density at radius 2 is 1.68 bits per heavy atom. The van der Waals surface area contributed by atoms with Gasteiger partial charge in [0.25, 0.3) is 0 Å². The Balaban J connectivity index is 1.31.